The second-order valence-corrected chi connectivity index (χ2v) is 8.27. The van der Waals surface area contributed by atoms with E-state index < -0.39 is 0 Å². The maximum absolute atomic E-state index is 11.9. The van der Waals surface area contributed by atoms with Gasteiger partial charge in [-0.1, -0.05) is 59.8 Å². The van der Waals surface area contributed by atoms with Gasteiger partial charge in [-0.05, 0) is 92.0 Å². The van der Waals surface area contributed by atoms with Crippen LogP contribution in [0.4, 0.5) is 0 Å². The van der Waals surface area contributed by atoms with Crippen LogP contribution in [0.3, 0.4) is 0 Å². The first kappa shape index (κ1) is 31.1. The van der Waals surface area contributed by atoms with Crippen LogP contribution in [0.15, 0.2) is 70.0 Å². The molecule has 4 nitrogen and oxygen atoms in total. The van der Waals surface area contributed by atoms with E-state index in [-0.39, 0.29) is 22.9 Å². The number of Topliss-reactive ketones (excluding diaryl/α,β-unsaturated/α-hetero) is 1. The molecule has 0 bridgehead atoms. The van der Waals surface area contributed by atoms with Crippen molar-refractivity contribution in [2.45, 2.75) is 81.1 Å². The van der Waals surface area contributed by atoms with E-state index in [1.54, 1.807) is 18.2 Å². The van der Waals surface area contributed by atoms with E-state index in [1.165, 1.54) is 19.6 Å². The van der Waals surface area contributed by atoms with Gasteiger partial charge in [0.15, 0.2) is 5.78 Å². The Hall–Kier alpha value is -2.88. The first-order chi connectivity index (χ1) is 16.2. The molecule has 2 N–H and O–H groups in total. The van der Waals surface area contributed by atoms with Crippen molar-refractivity contribution in [3.63, 3.8) is 0 Å². The van der Waals surface area contributed by atoms with Gasteiger partial charge in [0.1, 0.15) is 11.5 Å². The SMILES string of the molecule is C=C(/C(=C(C)/C(C)=C/C(O)=C(\C=NCCC)C(C)=O)c1cccc(O)c1)C1CC1.CC.CCC. The second-order valence-electron chi connectivity index (χ2n) is 8.27. The average Bonchev–Trinajstić information content (AvgIpc) is 3.64. The molecule has 1 aromatic carbocycles. The number of hydrogen-bond acceptors (Lipinski definition) is 4. The molecule has 0 amide bonds. The number of allylic oxidation sites excluding steroid dienone is 6. The summed E-state index contributed by atoms with van der Waals surface area (Å²) in [6.07, 6.45) is 7.40. The second kappa shape index (κ2) is 16.7. The van der Waals surface area contributed by atoms with E-state index in [4.69, 9.17) is 0 Å². The van der Waals surface area contributed by atoms with Crippen molar-refractivity contribution in [3.8, 4) is 5.75 Å². The third-order valence-electron chi connectivity index (χ3n) is 5.07. The lowest BCUT2D eigenvalue weighted by Gasteiger charge is -2.16. The van der Waals surface area contributed by atoms with E-state index in [0.29, 0.717) is 12.5 Å². The van der Waals surface area contributed by atoms with Crippen LogP contribution in [0, 0.1) is 5.92 Å². The van der Waals surface area contributed by atoms with Gasteiger partial charge < -0.3 is 10.2 Å². The highest BCUT2D eigenvalue weighted by molar-refractivity contribution is 6.12. The summed E-state index contributed by atoms with van der Waals surface area (Å²) in [6.45, 7) is 20.5. The average molecular weight is 468 g/mol. The van der Waals surface area contributed by atoms with E-state index in [0.717, 1.165) is 47.1 Å². The van der Waals surface area contributed by atoms with Crippen LogP contribution in [0.25, 0.3) is 5.57 Å². The van der Waals surface area contributed by atoms with Crippen LogP contribution in [0.5, 0.6) is 5.75 Å². The number of carbonyl (C=O) groups excluding carboxylic acids is 1. The number of phenols is 1. The largest absolute Gasteiger partial charge is 0.508 e. The number of aliphatic imine (C=N–C) groups is 1. The van der Waals surface area contributed by atoms with E-state index >= 15 is 0 Å². The number of rotatable bonds is 9. The van der Waals surface area contributed by atoms with Crippen LogP contribution < -0.4 is 0 Å². The van der Waals surface area contributed by atoms with Crippen molar-refractivity contribution >= 4 is 17.6 Å². The summed E-state index contributed by atoms with van der Waals surface area (Å²) in [4.78, 5) is 16.1. The van der Waals surface area contributed by atoms with Gasteiger partial charge in [-0.2, -0.15) is 0 Å². The molecule has 1 aromatic rings. The van der Waals surface area contributed by atoms with Gasteiger partial charge in [-0.25, -0.2) is 0 Å². The predicted octanol–water partition coefficient (Wildman–Crippen LogP) is 8.40. The van der Waals surface area contributed by atoms with Gasteiger partial charge in [0.2, 0.25) is 0 Å². The van der Waals surface area contributed by atoms with Crippen molar-refractivity contribution in [1.29, 1.82) is 0 Å². The standard InChI is InChI=1S/C25H31NO3.C3H8.C2H6/c1-6-12-26-15-23(19(5)27)24(29)13-16(2)17(3)25(18(4)20-10-11-20)21-8-7-9-22(28)14-21;1-3-2;1-2/h7-9,13-15,20,28-29H,4,6,10-12H2,1-3,5H3;3H2,1-2H3;1-2H3/b16-13+,24-23-,25-17-,26-15?;;. The Labute approximate surface area is 207 Å². The van der Waals surface area contributed by atoms with Gasteiger partial charge in [-0.3, -0.25) is 9.79 Å². The maximum Gasteiger partial charge on any atom is 0.165 e. The summed E-state index contributed by atoms with van der Waals surface area (Å²) >= 11 is 0. The number of carbonyl (C=O) groups is 1. The zero-order chi connectivity index (χ0) is 26.3. The molecule has 1 saturated carbocycles. The van der Waals surface area contributed by atoms with Crippen molar-refractivity contribution in [3.05, 3.63) is 70.5 Å². The smallest absolute Gasteiger partial charge is 0.165 e. The monoisotopic (exact) mass is 467 g/mol. The van der Waals surface area contributed by atoms with Crippen LogP contribution in [0.1, 0.15) is 86.6 Å². The lowest BCUT2D eigenvalue weighted by Crippen LogP contribution is -2.03. The molecule has 188 valence electrons. The van der Waals surface area contributed by atoms with Crippen molar-refractivity contribution in [2.24, 2.45) is 10.9 Å². The van der Waals surface area contributed by atoms with Crippen LogP contribution >= 0.6 is 0 Å². The van der Waals surface area contributed by atoms with Gasteiger partial charge in [0.25, 0.3) is 0 Å². The molecule has 1 fully saturated rings. The number of benzene rings is 1. The first-order valence-corrected chi connectivity index (χ1v) is 12.5. The van der Waals surface area contributed by atoms with Gasteiger partial charge >= 0.3 is 0 Å². The molecular formula is C30H45NO3. The Bertz CT molecular complexity index is 928. The highest BCUT2D eigenvalue weighted by Gasteiger charge is 2.28. The molecule has 2 rings (SSSR count). The zero-order valence-corrected chi connectivity index (χ0v) is 22.5. The maximum atomic E-state index is 11.9. The molecule has 1 aliphatic rings. The molecule has 1 aliphatic carbocycles. The van der Waals surface area contributed by atoms with Gasteiger partial charge in [-0.15, -0.1) is 0 Å². The van der Waals surface area contributed by atoms with Crippen LogP contribution in [0.2, 0.25) is 0 Å². The lowest BCUT2D eigenvalue weighted by atomic mass is 9.88. The number of aromatic hydroxyl groups is 1. The predicted molar refractivity (Wildman–Crippen MR) is 148 cm³/mol. The Kier molecular flexibility index (Phi) is 15.3. The Morgan fingerprint density at radius 2 is 1.74 bits per heavy atom. The molecule has 34 heavy (non-hydrogen) atoms. The molecule has 0 unspecified atom stereocenters. The fraction of sp³-hybridized carbons (Fsp3) is 0.467. The minimum atomic E-state index is -0.233. The molecular weight excluding hydrogens is 422 g/mol. The van der Waals surface area contributed by atoms with E-state index in [1.807, 2.05) is 46.8 Å². The van der Waals surface area contributed by atoms with E-state index in [9.17, 15) is 15.0 Å². The summed E-state index contributed by atoms with van der Waals surface area (Å²) < 4.78 is 0. The zero-order valence-electron chi connectivity index (χ0n) is 22.5. The Morgan fingerprint density at radius 1 is 1.15 bits per heavy atom. The molecule has 4 heteroatoms. The lowest BCUT2D eigenvalue weighted by molar-refractivity contribution is -0.113. The first-order valence-electron chi connectivity index (χ1n) is 12.5. The molecule has 0 saturated heterocycles. The Morgan fingerprint density at radius 3 is 2.21 bits per heavy atom. The van der Waals surface area contributed by atoms with Crippen LogP contribution in [-0.4, -0.2) is 28.8 Å². The summed E-state index contributed by atoms with van der Waals surface area (Å²) in [5, 5.41) is 20.5. The number of aliphatic hydroxyl groups excluding tert-OH is 1. The van der Waals surface area contributed by atoms with Gasteiger partial charge in [0.05, 0.1) is 5.57 Å². The molecule has 0 heterocycles. The molecule has 0 atom stereocenters. The minimum Gasteiger partial charge on any atom is -0.508 e. The normalized spacial score (nSPS) is 14.8. The van der Waals surface area contributed by atoms with Crippen molar-refractivity contribution in [1.82, 2.24) is 0 Å². The fourth-order valence-corrected chi connectivity index (χ4v) is 3.15. The number of phenolic OH excluding ortho intramolecular Hbond substituents is 1. The topological polar surface area (TPSA) is 69.9 Å². The third kappa shape index (κ3) is 10.4. The Balaban J connectivity index is 0.00000201. The highest BCUT2D eigenvalue weighted by atomic mass is 16.3. The molecule has 0 aromatic heterocycles. The van der Waals surface area contributed by atoms with Crippen molar-refractivity contribution in [2.75, 3.05) is 6.54 Å². The quantitative estimate of drug-likeness (QED) is 0.166. The summed E-state index contributed by atoms with van der Waals surface area (Å²) in [7, 11) is 0. The number of ketones is 1. The molecule has 0 radical (unpaired) electrons. The fourth-order valence-electron chi connectivity index (χ4n) is 3.15. The third-order valence-corrected chi connectivity index (χ3v) is 5.07. The van der Waals surface area contributed by atoms with Crippen LogP contribution in [-0.2, 0) is 4.79 Å². The molecule has 0 spiro atoms. The summed E-state index contributed by atoms with van der Waals surface area (Å²) in [5.74, 6) is 0.324. The number of nitrogens with zero attached hydrogens (tertiary/aromatic N) is 1. The van der Waals surface area contributed by atoms with E-state index in [2.05, 4.69) is 25.4 Å². The minimum absolute atomic E-state index is 0.0958. The van der Waals surface area contributed by atoms with Gasteiger partial charge in [0, 0.05) is 12.8 Å². The number of aliphatic hydroxyl groups is 1. The highest BCUT2D eigenvalue weighted by Crippen LogP contribution is 2.44. The summed E-state index contributed by atoms with van der Waals surface area (Å²) in [5.41, 5.74) is 4.89. The summed E-state index contributed by atoms with van der Waals surface area (Å²) in [6, 6.07) is 7.14. The number of hydrogen-bond donors (Lipinski definition) is 2. The van der Waals surface area contributed by atoms with Crippen molar-refractivity contribution < 1.29 is 15.0 Å². The molecule has 0 aliphatic heterocycles.